The van der Waals surface area contributed by atoms with Crippen LogP contribution in [0.25, 0.3) is 6.08 Å². The number of amides is 3. The van der Waals surface area contributed by atoms with Crippen LogP contribution in [0.1, 0.15) is 36.5 Å². The average molecular weight is 631 g/mol. The van der Waals surface area contributed by atoms with Crippen LogP contribution in [0.5, 0.6) is 11.5 Å². The number of hydrogen-bond acceptors (Lipinski definition) is 7. The fraction of sp³-hybridized carbons (Fsp3) is 0.333. The highest BCUT2D eigenvalue weighted by molar-refractivity contribution is 14.1. The Balaban J connectivity index is 1.48. The Morgan fingerprint density at radius 1 is 1.24 bits per heavy atom. The highest BCUT2D eigenvalue weighted by Gasteiger charge is 2.37. The number of nitriles is 1. The number of hydrogen-bond donors (Lipinski definition) is 0. The number of methoxy groups -OCH3 is 1. The summed E-state index contributed by atoms with van der Waals surface area (Å²) in [6.07, 6.45) is 3.48. The molecule has 192 valence electrons. The van der Waals surface area contributed by atoms with Gasteiger partial charge in [-0.15, -0.1) is 0 Å². The van der Waals surface area contributed by atoms with E-state index in [0.717, 1.165) is 38.6 Å². The van der Waals surface area contributed by atoms with Gasteiger partial charge in [0.05, 0.1) is 27.2 Å². The van der Waals surface area contributed by atoms with Gasteiger partial charge in [0.1, 0.15) is 13.2 Å². The lowest BCUT2D eigenvalue weighted by Crippen LogP contribution is -2.45. The summed E-state index contributed by atoms with van der Waals surface area (Å²) in [5.74, 6) is 0.875. The number of carbonyl (C=O) groups excluding carboxylic acids is 3. The summed E-state index contributed by atoms with van der Waals surface area (Å²) >= 11 is 2.94. The van der Waals surface area contributed by atoms with Gasteiger partial charge in [-0.1, -0.05) is 25.1 Å². The molecule has 2 aromatic carbocycles. The minimum absolute atomic E-state index is 0.193. The molecule has 3 amide bonds. The minimum atomic E-state index is -0.476. The second kappa shape index (κ2) is 12.0. The first-order chi connectivity index (χ1) is 17.8. The largest absolute Gasteiger partial charge is 0.493 e. The summed E-state index contributed by atoms with van der Waals surface area (Å²) in [4.78, 5) is 41.2. The number of thioether (sulfide) groups is 1. The normalized spacial score (nSPS) is 17.3. The van der Waals surface area contributed by atoms with Crippen molar-refractivity contribution in [2.24, 2.45) is 5.92 Å². The summed E-state index contributed by atoms with van der Waals surface area (Å²) in [6, 6.07) is 12.9. The lowest BCUT2D eigenvalue weighted by atomic mass is 9.99. The Hall–Kier alpha value is -3.04. The molecular formula is C27H26IN3O5S. The van der Waals surface area contributed by atoms with Gasteiger partial charge in [0.15, 0.2) is 11.5 Å². The average Bonchev–Trinajstić information content (AvgIpc) is 3.15. The zero-order valence-corrected chi connectivity index (χ0v) is 23.5. The first-order valence-electron chi connectivity index (χ1n) is 11.8. The maximum Gasteiger partial charge on any atom is 0.294 e. The van der Waals surface area contributed by atoms with Crippen LogP contribution < -0.4 is 9.47 Å². The third-order valence-electron chi connectivity index (χ3n) is 6.36. The molecule has 37 heavy (non-hydrogen) atoms. The molecule has 0 aromatic heterocycles. The molecular weight excluding hydrogens is 605 g/mol. The fourth-order valence-corrected chi connectivity index (χ4v) is 5.77. The van der Waals surface area contributed by atoms with Crippen molar-refractivity contribution in [3.63, 3.8) is 0 Å². The van der Waals surface area contributed by atoms with E-state index in [-0.39, 0.29) is 24.0 Å². The molecule has 0 saturated carbocycles. The Morgan fingerprint density at radius 2 is 1.97 bits per heavy atom. The van der Waals surface area contributed by atoms with Crippen molar-refractivity contribution in [3.05, 3.63) is 61.6 Å². The van der Waals surface area contributed by atoms with E-state index < -0.39 is 11.1 Å². The highest BCUT2D eigenvalue weighted by atomic mass is 127. The highest BCUT2D eigenvalue weighted by Crippen LogP contribution is 2.38. The Kier molecular flexibility index (Phi) is 8.76. The molecule has 0 atom stereocenters. The number of nitrogens with zero attached hydrogens (tertiary/aromatic N) is 3. The van der Waals surface area contributed by atoms with Crippen LogP contribution in [0.4, 0.5) is 4.79 Å². The molecule has 4 rings (SSSR count). The van der Waals surface area contributed by atoms with E-state index >= 15 is 0 Å². The molecule has 2 aromatic rings. The van der Waals surface area contributed by atoms with Crippen molar-refractivity contribution in [1.29, 1.82) is 5.26 Å². The van der Waals surface area contributed by atoms with Gasteiger partial charge in [-0.25, -0.2) is 0 Å². The zero-order chi connectivity index (χ0) is 26.5. The third-order valence-corrected chi connectivity index (χ3v) is 8.07. The molecule has 2 saturated heterocycles. The molecule has 0 spiro atoms. The van der Waals surface area contributed by atoms with E-state index in [1.165, 1.54) is 7.11 Å². The van der Waals surface area contributed by atoms with E-state index in [0.29, 0.717) is 41.6 Å². The molecule has 2 aliphatic rings. The molecule has 2 fully saturated rings. The Labute approximate surface area is 233 Å². The lowest BCUT2D eigenvalue weighted by molar-refractivity contribution is -0.136. The maximum atomic E-state index is 13.0. The van der Waals surface area contributed by atoms with E-state index in [1.54, 1.807) is 29.2 Å². The smallest absolute Gasteiger partial charge is 0.294 e. The number of halogens is 1. The third kappa shape index (κ3) is 6.27. The standard InChI is InChI=1S/C27H26IN3O5S/c1-17-7-9-30(10-8-17)24(32)15-31-26(33)23(37-27(31)34)13-18-11-21(28)25(22(12-18)35-2)36-16-20-6-4-3-5-19(20)14-29/h3-6,11-13,17H,7-10,15-16H2,1-2H3/b23-13+. The van der Waals surface area contributed by atoms with Gasteiger partial charge in [0.25, 0.3) is 11.1 Å². The molecule has 0 aliphatic carbocycles. The fourth-order valence-electron chi connectivity index (χ4n) is 4.15. The van der Waals surface area contributed by atoms with Gasteiger partial charge < -0.3 is 14.4 Å². The van der Waals surface area contributed by atoms with Crippen LogP contribution in [0.3, 0.4) is 0 Å². The van der Waals surface area contributed by atoms with E-state index in [9.17, 15) is 19.6 Å². The molecule has 0 radical (unpaired) electrons. The van der Waals surface area contributed by atoms with Gasteiger partial charge in [0.2, 0.25) is 5.91 Å². The number of piperidine rings is 1. The van der Waals surface area contributed by atoms with Crippen molar-refractivity contribution in [2.75, 3.05) is 26.7 Å². The van der Waals surface area contributed by atoms with Crippen LogP contribution in [-0.2, 0) is 16.2 Å². The summed E-state index contributed by atoms with van der Waals surface area (Å²) in [6.45, 7) is 3.42. The molecule has 0 bridgehead atoms. The summed E-state index contributed by atoms with van der Waals surface area (Å²) in [5, 5.41) is 8.86. The number of ether oxygens (including phenoxy) is 2. The predicted octanol–water partition coefficient (Wildman–Crippen LogP) is 5.05. The van der Waals surface area contributed by atoms with Crippen molar-refractivity contribution in [1.82, 2.24) is 9.80 Å². The Bertz CT molecular complexity index is 1300. The van der Waals surface area contributed by atoms with Crippen molar-refractivity contribution in [3.8, 4) is 17.6 Å². The quantitative estimate of drug-likeness (QED) is 0.312. The minimum Gasteiger partial charge on any atom is -0.493 e. The van der Waals surface area contributed by atoms with Gasteiger partial charge in [-0.3, -0.25) is 19.3 Å². The molecule has 8 nitrogen and oxygen atoms in total. The van der Waals surface area contributed by atoms with Crippen LogP contribution in [0.15, 0.2) is 41.3 Å². The van der Waals surface area contributed by atoms with Crippen LogP contribution in [-0.4, -0.2) is 53.6 Å². The zero-order valence-electron chi connectivity index (χ0n) is 20.5. The molecule has 2 aliphatic heterocycles. The molecule has 0 unspecified atom stereocenters. The Morgan fingerprint density at radius 3 is 2.68 bits per heavy atom. The van der Waals surface area contributed by atoms with Crippen molar-refractivity contribution >= 4 is 57.5 Å². The lowest BCUT2D eigenvalue weighted by Gasteiger charge is -2.31. The van der Waals surface area contributed by atoms with Crippen molar-refractivity contribution in [2.45, 2.75) is 26.4 Å². The van der Waals surface area contributed by atoms with Gasteiger partial charge in [-0.2, -0.15) is 5.26 Å². The predicted molar refractivity (Wildman–Crippen MR) is 149 cm³/mol. The number of benzene rings is 2. The van der Waals surface area contributed by atoms with Crippen molar-refractivity contribution < 1.29 is 23.9 Å². The van der Waals surface area contributed by atoms with Gasteiger partial charge in [0, 0.05) is 18.7 Å². The first kappa shape index (κ1) is 27.0. The molecule has 10 heteroatoms. The maximum absolute atomic E-state index is 13.0. The summed E-state index contributed by atoms with van der Waals surface area (Å²) in [7, 11) is 1.52. The number of likely N-dealkylation sites (tertiary alicyclic amines) is 1. The summed E-state index contributed by atoms with van der Waals surface area (Å²) in [5.41, 5.74) is 1.96. The number of carbonyl (C=O) groups is 3. The van der Waals surface area contributed by atoms with Crippen LogP contribution >= 0.6 is 34.4 Å². The number of imide groups is 1. The van der Waals surface area contributed by atoms with Gasteiger partial charge >= 0.3 is 0 Å². The van der Waals surface area contributed by atoms with Crippen LogP contribution in [0, 0.1) is 20.8 Å². The molecule has 2 heterocycles. The van der Waals surface area contributed by atoms with E-state index in [4.69, 9.17) is 9.47 Å². The SMILES string of the molecule is COc1cc(/C=C2/SC(=O)N(CC(=O)N3CCC(C)CC3)C2=O)cc(I)c1OCc1ccccc1C#N. The summed E-state index contributed by atoms with van der Waals surface area (Å²) < 4.78 is 12.3. The monoisotopic (exact) mass is 631 g/mol. The van der Waals surface area contributed by atoms with Gasteiger partial charge in [-0.05, 0) is 83.0 Å². The topological polar surface area (TPSA) is 99.9 Å². The second-order valence-electron chi connectivity index (χ2n) is 8.92. The first-order valence-corrected chi connectivity index (χ1v) is 13.7. The number of rotatable bonds is 7. The van der Waals surface area contributed by atoms with E-state index in [1.807, 2.05) is 18.2 Å². The molecule has 0 N–H and O–H groups in total. The second-order valence-corrected chi connectivity index (χ2v) is 11.1. The van der Waals surface area contributed by atoms with Crippen LogP contribution in [0.2, 0.25) is 0 Å². The van der Waals surface area contributed by atoms with E-state index in [2.05, 4.69) is 35.6 Å².